The van der Waals surface area contributed by atoms with Crippen LogP contribution in [0.1, 0.15) is 33.1 Å². The molecule has 0 amide bonds. The van der Waals surface area contributed by atoms with Crippen LogP contribution in [0.2, 0.25) is 0 Å². The summed E-state index contributed by atoms with van der Waals surface area (Å²) in [5, 5.41) is 3.73. The van der Waals surface area contributed by atoms with E-state index < -0.39 is 0 Å². The van der Waals surface area contributed by atoms with E-state index in [2.05, 4.69) is 9.99 Å². The second-order valence-corrected chi connectivity index (χ2v) is 3.79. The van der Waals surface area contributed by atoms with Crippen molar-refractivity contribution in [3.8, 4) is 0 Å². The highest BCUT2D eigenvalue weighted by Gasteiger charge is 2.34. The van der Waals surface area contributed by atoms with Crippen LogP contribution in [0, 0.1) is 5.41 Å². The van der Waals surface area contributed by atoms with E-state index >= 15 is 0 Å². The number of oxime groups is 1. The van der Waals surface area contributed by atoms with E-state index in [1.165, 1.54) is 7.11 Å². The lowest BCUT2D eigenvalue weighted by Gasteiger charge is -2.27. The molecule has 3 nitrogen and oxygen atoms in total. The van der Waals surface area contributed by atoms with Crippen molar-refractivity contribution in [1.82, 2.24) is 0 Å². The highest BCUT2D eigenvalue weighted by molar-refractivity contribution is 6.41. The fourth-order valence-corrected chi connectivity index (χ4v) is 1.51. The third kappa shape index (κ3) is 1.65. The molecule has 3 heteroatoms. The summed E-state index contributed by atoms with van der Waals surface area (Å²) < 4.78 is 0. The third-order valence-corrected chi connectivity index (χ3v) is 2.29. The molecule has 0 aliphatic heterocycles. The van der Waals surface area contributed by atoms with E-state index in [1.54, 1.807) is 0 Å². The largest absolute Gasteiger partial charge is 0.399 e. The number of rotatable bonds is 1. The second-order valence-electron chi connectivity index (χ2n) is 3.79. The van der Waals surface area contributed by atoms with E-state index in [4.69, 9.17) is 0 Å². The molecule has 0 aromatic rings. The fourth-order valence-electron chi connectivity index (χ4n) is 1.51. The molecular weight excluding hydrogens is 154 g/mol. The molecule has 0 N–H and O–H groups in total. The lowest BCUT2D eigenvalue weighted by molar-refractivity contribution is -0.121. The molecule has 0 radical (unpaired) electrons. The first-order valence-corrected chi connectivity index (χ1v) is 4.23. The topological polar surface area (TPSA) is 38.7 Å². The number of hydrogen-bond acceptors (Lipinski definition) is 3. The maximum Gasteiger partial charge on any atom is 0.185 e. The summed E-state index contributed by atoms with van der Waals surface area (Å²) in [6.07, 6.45) is 2.74. The van der Waals surface area contributed by atoms with E-state index in [0.717, 1.165) is 19.3 Å². The van der Waals surface area contributed by atoms with Gasteiger partial charge in [0.2, 0.25) is 0 Å². The van der Waals surface area contributed by atoms with Gasteiger partial charge >= 0.3 is 0 Å². The molecule has 68 valence electrons. The lowest BCUT2D eigenvalue weighted by Crippen LogP contribution is -2.35. The van der Waals surface area contributed by atoms with Crippen LogP contribution in [-0.4, -0.2) is 18.6 Å². The minimum atomic E-state index is -0.240. The van der Waals surface area contributed by atoms with Gasteiger partial charge in [0.1, 0.15) is 12.8 Å². The highest BCUT2D eigenvalue weighted by atomic mass is 16.6. The quantitative estimate of drug-likeness (QED) is 0.561. The Hall–Kier alpha value is -0.860. The Morgan fingerprint density at radius 3 is 2.75 bits per heavy atom. The van der Waals surface area contributed by atoms with Crippen molar-refractivity contribution < 1.29 is 9.63 Å². The number of carbonyl (C=O) groups is 1. The number of Topliss-reactive ketones (excluding diaryl/α,β-unsaturated/α-hetero) is 1. The van der Waals surface area contributed by atoms with Crippen LogP contribution < -0.4 is 0 Å². The first-order valence-electron chi connectivity index (χ1n) is 4.23. The molecule has 0 bridgehead atoms. The summed E-state index contributed by atoms with van der Waals surface area (Å²) >= 11 is 0. The molecule has 0 atom stereocenters. The zero-order valence-electron chi connectivity index (χ0n) is 7.89. The van der Waals surface area contributed by atoms with Crippen LogP contribution in [0.3, 0.4) is 0 Å². The fraction of sp³-hybridized carbons (Fsp3) is 0.778. The first-order chi connectivity index (χ1) is 5.58. The van der Waals surface area contributed by atoms with Gasteiger partial charge in [-0.3, -0.25) is 4.79 Å². The van der Waals surface area contributed by atoms with Gasteiger partial charge < -0.3 is 4.84 Å². The Morgan fingerprint density at radius 2 is 2.17 bits per heavy atom. The van der Waals surface area contributed by atoms with Crippen LogP contribution in [0.4, 0.5) is 0 Å². The first kappa shape index (κ1) is 9.23. The number of hydrogen-bond donors (Lipinski definition) is 0. The number of carbonyl (C=O) groups excluding carboxylic acids is 1. The van der Waals surface area contributed by atoms with Gasteiger partial charge in [0, 0.05) is 5.41 Å². The van der Waals surface area contributed by atoms with E-state index in [9.17, 15) is 4.79 Å². The predicted molar refractivity (Wildman–Crippen MR) is 47.1 cm³/mol. The number of ketones is 1. The molecule has 0 spiro atoms. The molecule has 1 aliphatic carbocycles. The molecular formula is C9H15NO2. The lowest BCUT2D eigenvalue weighted by atomic mass is 9.75. The van der Waals surface area contributed by atoms with Gasteiger partial charge in [-0.15, -0.1) is 0 Å². The van der Waals surface area contributed by atoms with Crippen molar-refractivity contribution in [3.05, 3.63) is 0 Å². The van der Waals surface area contributed by atoms with E-state index in [-0.39, 0.29) is 11.2 Å². The molecule has 0 heterocycles. The van der Waals surface area contributed by atoms with Crippen LogP contribution in [0.25, 0.3) is 0 Å². The molecule has 12 heavy (non-hydrogen) atoms. The zero-order chi connectivity index (χ0) is 9.19. The third-order valence-electron chi connectivity index (χ3n) is 2.29. The van der Waals surface area contributed by atoms with Gasteiger partial charge in [0.05, 0.1) is 0 Å². The molecule has 1 saturated carbocycles. The Labute approximate surface area is 72.8 Å². The molecule has 0 unspecified atom stereocenters. The summed E-state index contributed by atoms with van der Waals surface area (Å²) in [6.45, 7) is 3.92. The normalized spacial score (nSPS) is 25.9. The predicted octanol–water partition coefficient (Wildman–Crippen LogP) is 1.77. The second kappa shape index (κ2) is 3.25. The summed E-state index contributed by atoms with van der Waals surface area (Å²) in [6, 6.07) is 0. The summed E-state index contributed by atoms with van der Waals surface area (Å²) in [7, 11) is 1.47. The molecule has 1 rings (SSSR count). The van der Waals surface area contributed by atoms with Crippen LogP contribution in [-0.2, 0) is 9.63 Å². The Bertz CT molecular complexity index is 219. The van der Waals surface area contributed by atoms with Crippen molar-refractivity contribution in [1.29, 1.82) is 0 Å². The van der Waals surface area contributed by atoms with Crippen LogP contribution in [0.15, 0.2) is 5.16 Å². The van der Waals surface area contributed by atoms with E-state index in [0.29, 0.717) is 5.71 Å². The summed E-state index contributed by atoms with van der Waals surface area (Å²) in [5.74, 6) is 0.135. The SMILES string of the molecule is CO/N=C1\CCCC(C)(C)C1=O. The standard InChI is InChI=1S/C9H15NO2/c1-9(2)6-4-5-7(8(9)11)10-12-3/h4-6H2,1-3H3/b10-7+. The molecule has 1 aliphatic rings. The van der Waals surface area contributed by atoms with Crippen molar-refractivity contribution >= 4 is 11.5 Å². The highest BCUT2D eigenvalue weighted by Crippen LogP contribution is 2.30. The molecule has 0 saturated heterocycles. The van der Waals surface area contributed by atoms with Crippen LogP contribution in [0.5, 0.6) is 0 Å². The summed E-state index contributed by atoms with van der Waals surface area (Å²) in [4.78, 5) is 16.2. The number of nitrogens with zero attached hydrogens (tertiary/aromatic N) is 1. The molecule has 0 aromatic carbocycles. The zero-order valence-corrected chi connectivity index (χ0v) is 7.89. The van der Waals surface area contributed by atoms with E-state index in [1.807, 2.05) is 13.8 Å². The maximum absolute atomic E-state index is 11.6. The Morgan fingerprint density at radius 1 is 1.50 bits per heavy atom. The monoisotopic (exact) mass is 169 g/mol. The van der Waals surface area contributed by atoms with Gasteiger partial charge in [-0.25, -0.2) is 0 Å². The van der Waals surface area contributed by atoms with Gasteiger partial charge in [-0.05, 0) is 19.3 Å². The Balaban J connectivity index is 2.80. The van der Waals surface area contributed by atoms with Gasteiger partial charge in [-0.1, -0.05) is 19.0 Å². The average molecular weight is 169 g/mol. The average Bonchev–Trinajstić information content (AvgIpc) is 1.99. The minimum absolute atomic E-state index is 0.135. The minimum Gasteiger partial charge on any atom is -0.399 e. The smallest absolute Gasteiger partial charge is 0.185 e. The van der Waals surface area contributed by atoms with Gasteiger partial charge in [0.15, 0.2) is 5.78 Å². The van der Waals surface area contributed by atoms with Crippen molar-refractivity contribution in [3.63, 3.8) is 0 Å². The molecule has 0 aromatic heterocycles. The van der Waals surface area contributed by atoms with Gasteiger partial charge in [0.25, 0.3) is 0 Å². The van der Waals surface area contributed by atoms with Crippen molar-refractivity contribution in [2.24, 2.45) is 10.6 Å². The van der Waals surface area contributed by atoms with Crippen LogP contribution >= 0.6 is 0 Å². The summed E-state index contributed by atoms with van der Waals surface area (Å²) in [5.41, 5.74) is 0.351. The van der Waals surface area contributed by atoms with Gasteiger partial charge in [-0.2, -0.15) is 0 Å². The maximum atomic E-state index is 11.6. The molecule has 1 fully saturated rings. The Kier molecular flexibility index (Phi) is 2.50. The van der Waals surface area contributed by atoms with Crippen molar-refractivity contribution in [2.45, 2.75) is 33.1 Å². The van der Waals surface area contributed by atoms with Crippen molar-refractivity contribution in [2.75, 3.05) is 7.11 Å².